The number of carbonyl (C=O) groups excluding carboxylic acids is 1. The van der Waals surface area contributed by atoms with Crippen LogP contribution in [0.5, 0.6) is 5.88 Å². The molecule has 2 aromatic rings. The van der Waals surface area contributed by atoms with Gasteiger partial charge in [0.1, 0.15) is 35.2 Å². The molecular formula is C17H17F3N6O3. The average molecular weight is 410 g/mol. The van der Waals surface area contributed by atoms with Gasteiger partial charge in [0, 0.05) is 0 Å². The molecule has 1 amide bonds. The number of halogens is 3. The number of nitrogens with one attached hydrogen (secondary N) is 1. The van der Waals surface area contributed by atoms with Gasteiger partial charge in [-0.3, -0.25) is 4.79 Å². The third kappa shape index (κ3) is 3.91. The van der Waals surface area contributed by atoms with E-state index in [1.54, 1.807) is 0 Å². The van der Waals surface area contributed by atoms with Gasteiger partial charge in [0.2, 0.25) is 5.88 Å². The number of nitrogens with zero attached hydrogens (tertiary/aromatic N) is 4. The molecule has 29 heavy (non-hydrogen) atoms. The van der Waals surface area contributed by atoms with Gasteiger partial charge in [-0.1, -0.05) is 0 Å². The SMILES string of the molecule is COc1cnc(C(=O)Nc2ccc(F)c([C@@]3(C)N=C(N)O[C@H](CF)[C@@H]3F)n2)cn1. The van der Waals surface area contributed by atoms with Gasteiger partial charge in [-0.15, -0.1) is 0 Å². The smallest absolute Gasteiger partial charge is 0.283 e. The summed E-state index contributed by atoms with van der Waals surface area (Å²) in [7, 11) is 1.39. The molecule has 12 heteroatoms. The first kappa shape index (κ1) is 20.3. The van der Waals surface area contributed by atoms with Crippen LogP contribution in [0.1, 0.15) is 23.1 Å². The summed E-state index contributed by atoms with van der Waals surface area (Å²) in [4.78, 5) is 27.8. The molecule has 0 aliphatic carbocycles. The number of amides is 1. The van der Waals surface area contributed by atoms with Crippen LogP contribution in [0.4, 0.5) is 19.0 Å². The predicted molar refractivity (Wildman–Crippen MR) is 95.5 cm³/mol. The van der Waals surface area contributed by atoms with E-state index in [2.05, 4.69) is 25.3 Å². The van der Waals surface area contributed by atoms with Crippen LogP contribution in [0.15, 0.2) is 29.5 Å². The highest BCUT2D eigenvalue weighted by Crippen LogP contribution is 2.37. The van der Waals surface area contributed by atoms with Crippen molar-refractivity contribution in [3.8, 4) is 5.88 Å². The molecule has 3 atom stereocenters. The summed E-state index contributed by atoms with van der Waals surface area (Å²) >= 11 is 0. The fourth-order valence-corrected chi connectivity index (χ4v) is 2.77. The van der Waals surface area contributed by atoms with Crippen molar-refractivity contribution < 1.29 is 27.4 Å². The van der Waals surface area contributed by atoms with E-state index in [1.807, 2.05) is 0 Å². The number of amidine groups is 1. The highest BCUT2D eigenvalue weighted by Gasteiger charge is 2.49. The molecule has 0 saturated heterocycles. The third-order valence-corrected chi connectivity index (χ3v) is 4.27. The minimum absolute atomic E-state index is 0.0566. The minimum Gasteiger partial charge on any atom is -0.480 e. The maximum Gasteiger partial charge on any atom is 0.283 e. The standard InChI is InChI=1S/C17H17F3N6O3/c1-17(13(20)10(5-18)29-16(21)26-17)14-8(19)3-4-11(24-14)25-15(27)9-6-23-12(28-2)7-22-9/h3-4,6-7,10,13H,5H2,1-2H3,(H2,21,26)(H,24,25,27)/t10-,13+,17+/m1/s1. The monoisotopic (exact) mass is 410 g/mol. The molecule has 154 valence electrons. The molecule has 0 bridgehead atoms. The van der Waals surface area contributed by atoms with E-state index in [9.17, 15) is 18.0 Å². The Morgan fingerprint density at radius 2 is 2.14 bits per heavy atom. The fourth-order valence-electron chi connectivity index (χ4n) is 2.77. The topological polar surface area (TPSA) is 125 Å². The number of pyridine rings is 1. The lowest BCUT2D eigenvalue weighted by atomic mass is 9.87. The van der Waals surface area contributed by atoms with Gasteiger partial charge in [-0.05, 0) is 19.1 Å². The second kappa shape index (κ2) is 7.89. The number of nitrogens with two attached hydrogens (primary N) is 1. The number of hydrogen-bond donors (Lipinski definition) is 2. The van der Waals surface area contributed by atoms with Crippen LogP contribution in [0.25, 0.3) is 0 Å². The summed E-state index contributed by atoms with van der Waals surface area (Å²) in [5, 5.41) is 2.40. The van der Waals surface area contributed by atoms with E-state index in [0.717, 1.165) is 6.07 Å². The maximum absolute atomic E-state index is 14.8. The summed E-state index contributed by atoms with van der Waals surface area (Å²) in [6.07, 6.45) is -1.22. The van der Waals surface area contributed by atoms with Gasteiger partial charge >= 0.3 is 0 Å². The van der Waals surface area contributed by atoms with Crippen molar-refractivity contribution in [2.24, 2.45) is 10.7 Å². The Kier molecular flexibility index (Phi) is 5.52. The highest BCUT2D eigenvalue weighted by molar-refractivity contribution is 6.02. The van der Waals surface area contributed by atoms with Crippen molar-refractivity contribution in [1.82, 2.24) is 15.0 Å². The van der Waals surface area contributed by atoms with E-state index in [1.165, 1.54) is 32.5 Å². The number of methoxy groups -OCH3 is 1. The number of aromatic nitrogens is 3. The zero-order chi connectivity index (χ0) is 21.2. The molecule has 0 aromatic carbocycles. The van der Waals surface area contributed by atoms with Crippen molar-refractivity contribution in [3.63, 3.8) is 0 Å². The number of hydrogen-bond acceptors (Lipinski definition) is 8. The Morgan fingerprint density at radius 1 is 1.38 bits per heavy atom. The van der Waals surface area contributed by atoms with E-state index in [4.69, 9.17) is 15.2 Å². The molecule has 3 rings (SSSR count). The quantitative estimate of drug-likeness (QED) is 0.765. The summed E-state index contributed by atoms with van der Waals surface area (Å²) in [6, 6.07) is 1.65. The van der Waals surface area contributed by atoms with E-state index in [0.29, 0.717) is 0 Å². The predicted octanol–water partition coefficient (Wildman–Crippen LogP) is 1.51. The van der Waals surface area contributed by atoms with Crippen molar-refractivity contribution in [2.75, 3.05) is 19.1 Å². The number of anilines is 1. The number of carbonyl (C=O) groups is 1. The molecule has 9 nitrogen and oxygen atoms in total. The molecule has 0 spiro atoms. The minimum atomic E-state index is -2.07. The molecule has 1 aliphatic rings. The highest BCUT2D eigenvalue weighted by atomic mass is 19.1. The Bertz CT molecular complexity index is 943. The van der Waals surface area contributed by atoms with Crippen LogP contribution in [0, 0.1) is 5.82 Å². The van der Waals surface area contributed by atoms with Crippen LogP contribution in [-0.4, -0.2) is 52.9 Å². The zero-order valence-corrected chi connectivity index (χ0v) is 15.4. The molecular weight excluding hydrogens is 393 g/mol. The first-order chi connectivity index (χ1) is 13.8. The van der Waals surface area contributed by atoms with Crippen molar-refractivity contribution in [2.45, 2.75) is 24.7 Å². The van der Waals surface area contributed by atoms with Gasteiger partial charge < -0.3 is 20.5 Å². The van der Waals surface area contributed by atoms with E-state index >= 15 is 0 Å². The van der Waals surface area contributed by atoms with E-state index in [-0.39, 0.29) is 17.4 Å². The van der Waals surface area contributed by atoms with E-state index < -0.39 is 47.9 Å². The number of rotatable bonds is 5. The van der Waals surface area contributed by atoms with Gasteiger partial charge in [0.05, 0.1) is 19.5 Å². The average Bonchev–Trinajstić information content (AvgIpc) is 2.72. The summed E-state index contributed by atoms with van der Waals surface area (Å²) in [6.45, 7) is 0.0167. The molecule has 1 aliphatic heterocycles. The fraction of sp³-hybridized carbons (Fsp3) is 0.353. The lowest BCUT2D eigenvalue weighted by Gasteiger charge is -2.36. The third-order valence-electron chi connectivity index (χ3n) is 4.27. The molecule has 0 radical (unpaired) electrons. The maximum atomic E-state index is 14.8. The Hall–Kier alpha value is -3.44. The molecule has 2 aromatic heterocycles. The van der Waals surface area contributed by atoms with Gasteiger partial charge in [-0.2, -0.15) is 0 Å². The first-order valence-electron chi connectivity index (χ1n) is 8.35. The van der Waals surface area contributed by atoms with Gasteiger partial charge in [0.25, 0.3) is 11.9 Å². The van der Waals surface area contributed by atoms with Crippen LogP contribution in [0.2, 0.25) is 0 Å². The van der Waals surface area contributed by atoms with Crippen molar-refractivity contribution in [3.05, 3.63) is 41.7 Å². The number of ether oxygens (including phenoxy) is 2. The van der Waals surface area contributed by atoms with Crippen LogP contribution >= 0.6 is 0 Å². The first-order valence-corrected chi connectivity index (χ1v) is 8.35. The van der Waals surface area contributed by atoms with Gasteiger partial charge in [-0.25, -0.2) is 33.1 Å². The number of aliphatic imine (C=N–C) groups is 1. The molecule has 0 saturated carbocycles. The molecule has 0 unspecified atom stereocenters. The molecule has 0 fully saturated rings. The Morgan fingerprint density at radius 3 is 2.76 bits per heavy atom. The molecule has 3 N–H and O–H groups in total. The summed E-state index contributed by atoms with van der Waals surface area (Å²) in [5.41, 5.74) is 3.02. The Balaban J connectivity index is 1.91. The number of alkyl halides is 2. The second-order valence-electron chi connectivity index (χ2n) is 6.23. The van der Waals surface area contributed by atoms with Crippen molar-refractivity contribution >= 4 is 17.7 Å². The summed E-state index contributed by atoms with van der Waals surface area (Å²) in [5.74, 6) is -1.49. The van der Waals surface area contributed by atoms with Gasteiger partial charge in [0.15, 0.2) is 12.3 Å². The van der Waals surface area contributed by atoms with Crippen LogP contribution < -0.4 is 15.8 Å². The van der Waals surface area contributed by atoms with Crippen LogP contribution in [0.3, 0.4) is 0 Å². The second-order valence-corrected chi connectivity index (χ2v) is 6.23. The zero-order valence-electron chi connectivity index (χ0n) is 15.4. The lowest BCUT2D eigenvalue weighted by Crippen LogP contribution is -2.51. The normalized spacial score (nSPS) is 23.7. The van der Waals surface area contributed by atoms with Crippen molar-refractivity contribution in [1.29, 1.82) is 0 Å². The molecule has 3 heterocycles. The summed E-state index contributed by atoms with van der Waals surface area (Å²) < 4.78 is 52.0. The Labute approximate surface area is 163 Å². The largest absolute Gasteiger partial charge is 0.480 e. The lowest BCUT2D eigenvalue weighted by molar-refractivity contribution is 0.00315. The van der Waals surface area contributed by atoms with Crippen LogP contribution in [-0.2, 0) is 10.3 Å².